The van der Waals surface area contributed by atoms with Crippen molar-refractivity contribution in [1.82, 2.24) is 9.88 Å². The van der Waals surface area contributed by atoms with Crippen molar-refractivity contribution < 1.29 is 4.79 Å². The van der Waals surface area contributed by atoms with Crippen molar-refractivity contribution in [3.8, 4) is 0 Å². The quantitative estimate of drug-likeness (QED) is 0.657. The minimum absolute atomic E-state index is 0.116. The van der Waals surface area contributed by atoms with E-state index in [1.807, 2.05) is 29.2 Å². The van der Waals surface area contributed by atoms with E-state index in [0.29, 0.717) is 17.3 Å². The summed E-state index contributed by atoms with van der Waals surface area (Å²) in [6.07, 6.45) is 1.93. The Morgan fingerprint density at radius 3 is 2.79 bits per heavy atom. The minimum Gasteiger partial charge on any atom is -0.357 e. The third-order valence-corrected chi connectivity index (χ3v) is 4.84. The van der Waals surface area contributed by atoms with E-state index in [1.54, 1.807) is 6.07 Å². The smallest absolute Gasteiger partial charge is 0.322 e. The molecule has 0 spiro atoms. The van der Waals surface area contributed by atoms with Gasteiger partial charge in [-0.25, -0.2) is 4.79 Å². The number of aryl methyl sites for hydroxylation is 1. The van der Waals surface area contributed by atoms with E-state index in [9.17, 15) is 4.79 Å². The third kappa shape index (κ3) is 2.74. The zero-order valence-corrected chi connectivity index (χ0v) is 13.9. The van der Waals surface area contributed by atoms with Gasteiger partial charge in [0.25, 0.3) is 0 Å². The molecule has 2 aromatic carbocycles. The normalized spacial score (nSPS) is 14.3. The van der Waals surface area contributed by atoms with Crippen LogP contribution in [-0.2, 0) is 13.0 Å². The van der Waals surface area contributed by atoms with Crippen LogP contribution in [0.25, 0.3) is 10.9 Å². The number of nitrogens with zero attached hydrogens (tertiary/aromatic N) is 1. The SMILES string of the molecule is O=C(Nc1ccccc1Cl)N1CCCc2c([nH]c3ccccc23)C1. The van der Waals surface area contributed by atoms with Gasteiger partial charge >= 0.3 is 6.03 Å². The standard InChI is InChI=1S/C19H18ClN3O/c20-15-8-2-4-10-17(15)22-19(24)23-11-5-7-14-13-6-1-3-9-16(13)21-18(14)12-23/h1-4,6,8-10,21H,5,7,11-12H2,(H,22,24). The largest absolute Gasteiger partial charge is 0.357 e. The number of hydrogen-bond acceptors (Lipinski definition) is 1. The number of nitrogens with one attached hydrogen (secondary N) is 2. The van der Waals surface area contributed by atoms with Crippen LogP contribution in [-0.4, -0.2) is 22.5 Å². The fourth-order valence-corrected chi connectivity index (χ4v) is 3.51. The van der Waals surface area contributed by atoms with Crippen molar-refractivity contribution in [2.75, 3.05) is 11.9 Å². The van der Waals surface area contributed by atoms with Gasteiger partial charge in [-0.3, -0.25) is 0 Å². The molecule has 0 radical (unpaired) electrons. The van der Waals surface area contributed by atoms with Gasteiger partial charge in [-0.15, -0.1) is 0 Å². The first-order valence-corrected chi connectivity index (χ1v) is 8.49. The Morgan fingerprint density at radius 2 is 1.92 bits per heavy atom. The second-order valence-corrected chi connectivity index (χ2v) is 6.47. The Kier molecular flexibility index (Phi) is 3.90. The van der Waals surface area contributed by atoms with Gasteiger partial charge in [0, 0.05) is 23.1 Å². The Balaban J connectivity index is 1.58. The van der Waals surface area contributed by atoms with Gasteiger partial charge < -0.3 is 15.2 Å². The number of aromatic nitrogens is 1. The van der Waals surface area contributed by atoms with Gasteiger partial charge in [-0.2, -0.15) is 0 Å². The molecule has 1 aliphatic rings. The number of anilines is 1. The Labute approximate surface area is 145 Å². The molecule has 0 atom stereocenters. The topological polar surface area (TPSA) is 48.1 Å². The van der Waals surface area contributed by atoms with Crippen LogP contribution in [0, 0.1) is 0 Å². The van der Waals surface area contributed by atoms with Crippen molar-refractivity contribution in [2.45, 2.75) is 19.4 Å². The van der Waals surface area contributed by atoms with E-state index in [1.165, 1.54) is 10.9 Å². The van der Waals surface area contributed by atoms with Crippen LogP contribution >= 0.6 is 11.6 Å². The van der Waals surface area contributed by atoms with E-state index < -0.39 is 0 Å². The number of para-hydroxylation sites is 2. The van der Waals surface area contributed by atoms with Crippen LogP contribution in [0.15, 0.2) is 48.5 Å². The molecule has 3 aromatic rings. The molecule has 0 aliphatic carbocycles. The molecule has 0 fully saturated rings. The van der Waals surface area contributed by atoms with Crippen molar-refractivity contribution in [3.63, 3.8) is 0 Å². The van der Waals surface area contributed by atoms with Crippen molar-refractivity contribution in [3.05, 3.63) is 64.8 Å². The lowest BCUT2D eigenvalue weighted by Gasteiger charge is -2.21. The van der Waals surface area contributed by atoms with E-state index in [0.717, 1.165) is 30.6 Å². The number of fused-ring (bicyclic) bond motifs is 3. The molecule has 1 aliphatic heterocycles. The Hall–Kier alpha value is -2.46. The van der Waals surface area contributed by atoms with Gasteiger partial charge in [0.05, 0.1) is 17.3 Å². The molecule has 4 nitrogen and oxygen atoms in total. The molecule has 4 rings (SSSR count). The summed E-state index contributed by atoms with van der Waals surface area (Å²) in [4.78, 5) is 17.9. The number of carbonyl (C=O) groups is 1. The number of benzene rings is 2. The second kappa shape index (κ2) is 6.21. The first-order chi connectivity index (χ1) is 11.7. The highest BCUT2D eigenvalue weighted by atomic mass is 35.5. The van der Waals surface area contributed by atoms with Crippen LogP contribution in [0.2, 0.25) is 5.02 Å². The van der Waals surface area contributed by atoms with Crippen molar-refractivity contribution in [1.29, 1.82) is 0 Å². The summed E-state index contributed by atoms with van der Waals surface area (Å²) in [6, 6.07) is 15.5. The highest BCUT2D eigenvalue weighted by molar-refractivity contribution is 6.33. The molecule has 0 saturated heterocycles. The molecule has 5 heteroatoms. The predicted molar refractivity (Wildman–Crippen MR) is 97.5 cm³/mol. The van der Waals surface area contributed by atoms with Crippen LogP contribution in [0.5, 0.6) is 0 Å². The van der Waals surface area contributed by atoms with E-state index >= 15 is 0 Å². The molecule has 24 heavy (non-hydrogen) atoms. The molecular formula is C19H18ClN3O. The Bertz CT molecular complexity index is 903. The van der Waals surface area contributed by atoms with E-state index in [4.69, 9.17) is 11.6 Å². The summed E-state index contributed by atoms with van der Waals surface area (Å²) in [5.41, 5.74) is 4.24. The number of hydrogen-bond donors (Lipinski definition) is 2. The summed E-state index contributed by atoms with van der Waals surface area (Å²) >= 11 is 6.13. The number of carbonyl (C=O) groups excluding carboxylic acids is 1. The first-order valence-electron chi connectivity index (χ1n) is 8.11. The lowest BCUT2D eigenvalue weighted by molar-refractivity contribution is 0.209. The zero-order chi connectivity index (χ0) is 16.5. The second-order valence-electron chi connectivity index (χ2n) is 6.06. The molecule has 1 aromatic heterocycles. The number of halogens is 1. The minimum atomic E-state index is -0.116. The van der Waals surface area contributed by atoms with Crippen molar-refractivity contribution in [2.24, 2.45) is 0 Å². The van der Waals surface area contributed by atoms with Crippen LogP contribution in [0.1, 0.15) is 17.7 Å². The predicted octanol–water partition coefficient (Wildman–Crippen LogP) is 4.80. The summed E-state index contributed by atoms with van der Waals surface area (Å²) < 4.78 is 0. The lowest BCUT2D eigenvalue weighted by Crippen LogP contribution is -2.34. The van der Waals surface area contributed by atoms with Gasteiger partial charge in [-0.05, 0) is 36.6 Å². The van der Waals surface area contributed by atoms with E-state index in [2.05, 4.69) is 28.5 Å². The molecule has 122 valence electrons. The monoisotopic (exact) mass is 339 g/mol. The Morgan fingerprint density at radius 1 is 1.12 bits per heavy atom. The number of urea groups is 1. The van der Waals surface area contributed by atoms with Gasteiger partial charge in [-0.1, -0.05) is 41.9 Å². The van der Waals surface area contributed by atoms with Gasteiger partial charge in [0.15, 0.2) is 0 Å². The number of aromatic amines is 1. The first kappa shape index (κ1) is 15.1. The highest BCUT2D eigenvalue weighted by Crippen LogP contribution is 2.28. The van der Waals surface area contributed by atoms with E-state index in [-0.39, 0.29) is 6.03 Å². The fourth-order valence-electron chi connectivity index (χ4n) is 3.32. The molecule has 0 unspecified atom stereocenters. The third-order valence-electron chi connectivity index (χ3n) is 4.51. The van der Waals surface area contributed by atoms with Crippen LogP contribution in [0.4, 0.5) is 10.5 Å². The maximum absolute atomic E-state index is 12.6. The van der Waals surface area contributed by atoms with Crippen molar-refractivity contribution >= 4 is 34.2 Å². The summed E-state index contributed by atoms with van der Waals surface area (Å²) in [6.45, 7) is 1.31. The average molecular weight is 340 g/mol. The molecular weight excluding hydrogens is 322 g/mol. The molecule has 2 heterocycles. The number of amides is 2. The maximum atomic E-state index is 12.6. The van der Waals surface area contributed by atoms with Gasteiger partial charge in [0.1, 0.15) is 0 Å². The molecule has 2 amide bonds. The lowest BCUT2D eigenvalue weighted by atomic mass is 10.1. The summed E-state index contributed by atoms with van der Waals surface area (Å²) in [7, 11) is 0. The number of H-pyrrole nitrogens is 1. The highest BCUT2D eigenvalue weighted by Gasteiger charge is 2.22. The average Bonchev–Trinajstić information content (AvgIpc) is 2.79. The molecule has 0 bridgehead atoms. The maximum Gasteiger partial charge on any atom is 0.322 e. The summed E-state index contributed by atoms with van der Waals surface area (Å²) in [5, 5.41) is 4.73. The summed E-state index contributed by atoms with van der Waals surface area (Å²) in [5.74, 6) is 0. The molecule has 2 N–H and O–H groups in total. The van der Waals surface area contributed by atoms with Crippen LogP contribution in [0.3, 0.4) is 0 Å². The molecule has 0 saturated carbocycles. The number of rotatable bonds is 1. The zero-order valence-electron chi connectivity index (χ0n) is 13.2. The van der Waals surface area contributed by atoms with Gasteiger partial charge in [0.2, 0.25) is 0 Å². The fraction of sp³-hybridized carbons (Fsp3) is 0.211. The van der Waals surface area contributed by atoms with Crippen LogP contribution < -0.4 is 5.32 Å².